The second-order valence-electron chi connectivity index (χ2n) is 7.79. The lowest BCUT2D eigenvalue weighted by Gasteiger charge is -2.17. The quantitative estimate of drug-likeness (QED) is 0.250. The fraction of sp³-hybridized carbons (Fsp3) is 0.200. The van der Waals surface area contributed by atoms with Crippen molar-refractivity contribution >= 4 is 28.1 Å². The minimum absolute atomic E-state index is 0. The summed E-state index contributed by atoms with van der Waals surface area (Å²) < 4.78 is 24.7. The fourth-order valence-corrected chi connectivity index (χ4v) is 5.06. The Kier molecular flexibility index (Phi) is 5.60. The Bertz CT molecular complexity index is 1370. The number of fused-ring (bicyclic) bond motifs is 5. The Morgan fingerprint density at radius 2 is 2.00 bits per heavy atom. The molecule has 6 nitrogen and oxygen atoms in total. The first-order valence-corrected chi connectivity index (χ1v) is 11.3. The lowest BCUT2D eigenvalue weighted by molar-refractivity contribution is -0.686. The van der Waals surface area contributed by atoms with E-state index in [1.807, 2.05) is 29.6 Å². The summed E-state index contributed by atoms with van der Waals surface area (Å²) in [4.78, 5) is 13.6. The van der Waals surface area contributed by atoms with Gasteiger partial charge in [0.15, 0.2) is 35.7 Å². The predicted molar refractivity (Wildman–Crippen MR) is 120 cm³/mol. The van der Waals surface area contributed by atoms with E-state index in [4.69, 9.17) is 18.9 Å². The zero-order valence-corrected chi connectivity index (χ0v) is 19.4. The first-order valence-electron chi connectivity index (χ1n) is 10.4. The van der Waals surface area contributed by atoms with E-state index in [-0.39, 0.29) is 31.6 Å². The molecule has 8 heteroatoms. The Morgan fingerprint density at radius 3 is 2.79 bits per heavy atom. The average molecular weight is 482 g/mol. The molecule has 0 N–H and O–H groups in total. The number of carbonyl (C=O) groups is 1. The van der Waals surface area contributed by atoms with Gasteiger partial charge in [0.1, 0.15) is 0 Å². The van der Waals surface area contributed by atoms with Crippen LogP contribution in [-0.2, 0) is 24.2 Å². The number of hydrogen-bond acceptors (Lipinski definition) is 6. The number of thiophene rings is 1. The topological polar surface area (TPSA) is 57.9 Å². The number of esters is 1. The molecule has 4 heterocycles. The van der Waals surface area contributed by atoms with E-state index in [1.165, 1.54) is 5.56 Å². The van der Waals surface area contributed by atoms with Gasteiger partial charge in [-0.2, -0.15) is 4.57 Å². The monoisotopic (exact) mass is 481 g/mol. The molecule has 33 heavy (non-hydrogen) atoms. The highest BCUT2D eigenvalue weighted by Gasteiger charge is 2.29. The van der Waals surface area contributed by atoms with Crippen molar-refractivity contribution in [3.8, 4) is 34.3 Å². The molecule has 0 fully saturated rings. The van der Waals surface area contributed by atoms with Crippen molar-refractivity contribution in [3.63, 3.8) is 0 Å². The van der Waals surface area contributed by atoms with Crippen LogP contribution in [0.4, 0.5) is 0 Å². The molecule has 0 bridgehead atoms. The van der Waals surface area contributed by atoms with Crippen molar-refractivity contribution in [2.24, 2.45) is 0 Å². The molecule has 0 saturated heterocycles. The summed E-state index contributed by atoms with van der Waals surface area (Å²) in [6, 6.07) is 14.0. The number of pyridine rings is 1. The fourth-order valence-electron chi connectivity index (χ4n) is 4.37. The normalized spacial score (nSPS) is 13.1. The predicted octanol–water partition coefficient (Wildman–Crippen LogP) is 1.30. The number of hydrogen-bond donors (Lipinski definition) is 0. The van der Waals surface area contributed by atoms with E-state index in [0.717, 1.165) is 51.4 Å². The first kappa shape index (κ1) is 21.6. The van der Waals surface area contributed by atoms with Crippen LogP contribution in [0.2, 0.25) is 0 Å². The Morgan fingerprint density at radius 1 is 1.15 bits per heavy atom. The number of rotatable bonds is 4. The number of ether oxygens (including phenoxy) is 4. The van der Waals surface area contributed by atoms with Gasteiger partial charge in [0.05, 0.1) is 24.5 Å². The van der Waals surface area contributed by atoms with Crippen LogP contribution in [-0.4, -0.2) is 19.9 Å². The number of methoxy groups -OCH3 is 1. The molecule has 168 valence electrons. The zero-order valence-electron chi connectivity index (χ0n) is 17.8. The van der Waals surface area contributed by atoms with Crippen LogP contribution in [0.25, 0.3) is 22.0 Å². The maximum Gasteiger partial charge on any atom is 0.316 e. The van der Waals surface area contributed by atoms with Crippen molar-refractivity contribution in [3.05, 3.63) is 64.5 Å². The molecule has 2 aliphatic heterocycles. The molecule has 6 rings (SSSR count). The third kappa shape index (κ3) is 3.77. The summed E-state index contributed by atoms with van der Waals surface area (Å²) >= 11 is 1.54. The van der Waals surface area contributed by atoms with Crippen molar-refractivity contribution < 1.29 is 40.7 Å². The van der Waals surface area contributed by atoms with Crippen LogP contribution in [0.3, 0.4) is 0 Å². The number of halogens is 1. The van der Waals surface area contributed by atoms with Gasteiger partial charge in [-0.3, -0.25) is 4.79 Å². The molecule has 2 aliphatic rings. The van der Waals surface area contributed by atoms with Gasteiger partial charge in [0, 0.05) is 17.4 Å². The number of nitrogens with zero attached hydrogens (tertiary/aromatic N) is 1. The number of carbonyl (C=O) groups excluding carboxylic acids is 1. The highest BCUT2D eigenvalue weighted by molar-refractivity contribution is 7.10. The van der Waals surface area contributed by atoms with E-state index in [9.17, 15) is 4.79 Å². The molecular weight excluding hydrogens is 462 g/mol. The van der Waals surface area contributed by atoms with E-state index >= 15 is 0 Å². The molecule has 2 aromatic heterocycles. The lowest BCUT2D eigenvalue weighted by atomic mass is 9.95. The molecule has 0 aliphatic carbocycles. The van der Waals surface area contributed by atoms with E-state index in [0.29, 0.717) is 11.5 Å². The molecule has 0 amide bonds. The molecule has 0 spiro atoms. The molecule has 2 aromatic carbocycles. The minimum Gasteiger partial charge on any atom is -1.00 e. The summed E-state index contributed by atoms with van der Waals surface area (Å²) in [6.45, 7) is 1.08. The van der Waals surface area contributed by atoms with Gasteiger partial charge < -0.3 is 31.4 Å². The third-order valence-electron chi connectivity index (χ3n) is 5.91. The smallest absolute Gasteiger partial charge is 0.316 e. The highest BCUT2D eigenvalue weighted by Crippen LogP contribution is 2.41. The summed E-state index contributed by atoms with van der Waals surface area (Å²) in [5.74, 6) is 2.27. The van der Waals surface area contributed by atoms with Crippen molar-refractivity contribution in [2.45, 2.75) is 19.4 Å². The largest absolute Gasteiger partial charge is 1.00 e. The van der Waals surface area contributed by atoms with E-state index in [1.54, 1.807) is 18.4 Å². The summed E-state index contributed by atoms with van der Waals surface area (Å²) in [5.41, 5.74) is 3.47. The van der Waals surface area contributed by atoms with Gasteiger partial charge in [-0.15, -0.1) is 11.3 Å². The molecule has 0 unspecified atom stereocenters. The molecule has 0 atom stereocenters. The van der Waals surface area contributed by atoms with Crippen LogP contribution in [0.5, 0.6) is 23.0 Å². The minimum atomic E-state index is -0.306. The van der Waals surface area contributed by atoms with Gasteiger partial charge in [-0.25, -0.2) is 0 Å². The Hall–Kier alpha value is -3.29. The maximum atomic E-state index is 12.6. The Balaban J connectivity index is 0.00000228. The molecule has 0 saturated carbocycles. The average Bonchev–Trinajstić information content (AvgIpc) is 3.48. The van der Waals surface area contributed by atoms with Crippen LogP contribution < -0.4 is 35.9 Å². The van der Waals surface area contributed by atoms with Crippen molar-refractivity contribution in [1.82, 2.24) is 0 Å². The second kappa shape index (κ2) is 8.57. The number of aryl methyl sites for hydroxylation is 2. The van der Waals surface area contributed by atoms with Crippen molar-refractivity contribution in [2.75, 3.05) is 13.9 Å². The van der Waals surface area contributed by atoms with E-state index in [2.05, 4.69) is 29.0 Å². The van der Waals surface area contributed by atoms with Crippen LogP contribution in [0.1, 0.15) is 10.4 Å². The van der Waals surface area contributed by atoms with Gasteiger partial charge in [0.2, 0.25) is 12.5 Å². The summed E-state index contributed by atoms with van der Waals surface area (Å²) in [6.07, 6.45) is 3.16. The molecule has 4 aromatic rings. The summed E-state index contributed by atoms with van der Waals surface area (Å²) in [7, 11) is 1.59. The number of benzene rings is 2. The first-order chi connectivity index (χ1) is 15.7. The van der Waals surface area contributed by atoms with Crippen LogP contribution in [0.15, 0.2) is 54.0 Å². The number of aromatic nitrogens is 1. The third-order valence-corrected chi connectivity index (χ3v) is 6.79. The second-order valence-corrected chi connectivity index (χ2v) is 8.83. The molecular formula is C25H20ClNO5S. The molecule has 0 radical (unpaired) electrons. The standard InChI is InChI=1S/C25H20NO5S.ClH/c1-28-21-5-4-15-9-20-18-12-23-22(29-14-30-23)10-16(18)6-7-26(20)13-19(15)25(21)31-24(27)11-17-3-2-8-32-17;/h2-5,8-10,12-13H,6-7,11,14H2,1H3;1H/q+1;/p-1. The van der Waals surface area contributed by atoms with Crippen LogP contribution in [0, 0.1) is 0 Å². The van der Waals surface area contributed by atoms with Gasteiger partial charge >= 0.3 is 5.97 Å². The van der Waals surface area contributed by atoms with Crippen LogP contribution >= 0.6 is 11.3 Å². The van der Waals surface area contributed by atoms with Gasteiger partial charge in [0.25, 0.3) is 0 Å². The highest BCUT2D eigenvalue weighted by atomic mass is 35.5. The Labute approximate surface area is 200 Å². The van der Waals surface area contributed by atoms with Gasteiger partial charge in [-0.05, 0) is 46.7 Å². The lowest BCUT2D eigenvalue weighted by Crippen LogP contribution is -3.00. The zero-order chi connectivity index (χ0) is 21.7. The summed E-state index contributed by atoms with van der Waals surface area (Å²) in [5, 5.41) is 3.77. The van der Waals surface area contributed by atoms with Gasteiger partial charge in [-0.1, -0.05) is 6.07 Å². The maximum absolute atomic E-state index is 12.6. The SMILES string of the molecule is COc1ccc2cc3[n+](cc2c1OC(=O)Cc1cccs1)CCc1cc2c(cc1-3)OCO2.[Cl-]. The van der Waals surface area contributed by atoms with Crippen molar-refractivity contribution in [1.29, 1.82) is 0 Å². The van der Waals surface area contributed by atoms with E-state index < -0.39 is 0 Å².